The van der Waals surface area contributed by atoms with Gasteiger partial charge >= 0.3 is 0 Å². The molecule has 0 aliphatic rings. The van der Waals surface area contributed by atoms with Crippen LogP contribution in [0.3, 0.4) is 0 Å². The second-order valence-electron chi connectivity index (χ2n) is 4.75. The maximum atomic E-state index is 4.01. The third-order valence-electron chi connectivity index (χ3n) is 3.19. The van der Waals surface area contributed by atoms with E-state index in [0.29, 0.717) is 0 Å². The summed E-state index contributed by atoms with van der Waals surface area (Å²) in [5.41, 5.74) is 4.30. The van der Waals surface area contributed by atoms with Gasteiger partial charge in [0.25, 0.3) is 0 Å². The number of pyridine rings is 2. The molecular formula is C15H16N6. The van der Waals surface area contributed by atoms with Gasteiger partial charge in [-0.3, -0.25) is 4.40 Å². The fraction of sp³-hybridized carbons (Fsp3) is 0.200. The molecule has 0 spiro atoms. The quantitative estimate of drug-likeness (QED) is 0.537. The van der Waals surface area contributed by atoms with Gasteiger partial charge in [-0.05, 0) is 42.7 Å². The normalized spacial score (nSPS) is 10.6. The summed E-state index contributed by atoms with van der Waals surface area (Å²) in [6.45, 7) is 4.16. The maximum absolute atomic E-state index is 4.01. The SMILES string of the molecule is CCc1ccn2cnnc2c1.Cc1ccc2ncnn2c1. The van der Waals surface area contributed by atoms with E-state index in [2.05, 4.69) is 33.3 Å². The lowest BCUT2D eigenvalue weighted by Gasteiger charge is -1.95. The summed E-state index contributed by atoms with van der Waals surface area (Å²) >= 11 is 0. The summed E-state index contributed by atoms with van der Waals surface area (Å²) in [6, 6.07) is 8.09. The molecule has 0 aliphatic carbocycles. The van der Waals surface area contributed by atoms with Crippen molar-refractivity contribution in [1.82, 2.24) is 29.2 Å². The highest BCUT2D eigenvalue weighted by Gasteiger charge is 1.94. The molecule has 4 aromatic rings. The van der Waals surface area contributed by atoms with Gasteiger partial charge in [-0.1, -0.05) is 13.0 Å². The molecule has 0 atom stereocenters. The molecule has 4 heterocycles. The smallest absolute Gasteiger partial charge is 0.160 e. The second-order valence-corrected chi connectivity index (χ2v) is 4.75. The van der Waals surface area contributed by atoms with E-state index in [4.69, 9.17) is 0 Å². The molecular weight excluding hydrogens is 264 g/mol. The van der Waals surface area contributed by atoms with E-state index >= 15 is 0 Å². The molecule has 0 aromatic carbocycles. The highest BCUT2D eigenvalue weighted by molar-refractivity contribution is 5.39. The van der Waals surface area contributed by atoms with E-state index in [1.54, 1.807) is 17.2 Å². The van der Waals surface area contributed by atoms with E-state index in [9.17, 15) is 0 Å². The first kappa shape index (κ1) is 13.2. The topological polar surface area (TPSA) is 60.4 Å². The molecule has 0 saturated heterocycles. The summed E-state index contributed by atoms with van der Waals surface area (Å²) < 4.78 is 3.66. The van der Waals surface area contributed by atoms with Gasteiger partial charge in [0.05, 0.1) is 0 Å². The minimum Gasteiger partial charge on any atom is -0.289 e. The standard InChI is InChI=1S/C8H9N3.C7H7N3/c1-2-7-3-4-11-6-9-10-8(11)5-7;1-6-2-3-7-8-5-9-10(7)4-6/h3-6H,2H2,1H3;2-5H,1H3. The molecule has 0 aliphatic heterocycles. The van der Waals surface area contributed by atoms with Crippen molar-refractivity contribution < 1.29 is 0 Å². The van der Waals surface area contributed by atoms with Crippen molar-refractivity contribution in [2.24, 2.45) is 0 Å². The van der Waals surface area contributed by atoms with Crippen LogP contribution in [0.25, 0.3) is 11.3 Å². The van der Waals surface area contributed by atoms with Crippen LogP contribution in [0, 0.1) is 6.92 Å². The molecule has 6 heteroatoms. The Labute approximate surface area is 122 Å². The Morgan fingerprint density at radius 3 is 2.90 bits per heavy atom. The van der Waals surface area contributed by atoms with Gasteiger partial charge in [-0.15, -0.1) is 10.2 Å². The number of aryl methyl sites for hydroxylation is 2. The monoisotopic (exact) mass is 280 g/mol. The first-order chi connectivity index (χ1) is 10.3. The predicted molar refractivity (Wildman–Crippen MR) is 80.1 cm³/mol. The molecule has 6 nitrogen and oxygen atoms in total. The van der Waals surface area contributed by atoms with Crippen LogP contribution in [0.4, 0.5) is 0 Å². The Morgan fingerprint density at radius 1 is 1.14 bits per heavy atom. The van der Waals surface area contributed by atoms with Gasteiger partial charge in [-0.2, -0.15) is 5.10 Å². The molecule has 106 valence electrons. The van der Waals surface area contributed by atoms with Crippen molar-refractivity contribution in [3.8, 4) is 0 Å². The minimum atomic E-state index is 0.894. The molecule has 0 N–H and O–H groups in total. The van der Waals surface area contributed by atoms with Crippen LogP contribution in [-0.4, -0.2) is 29.2 Å². The van der Waals surface area contributed by atoms with Crippen LogP contribution in [0.1, 0.15) is 18.1 Å². The van der Waals surface area contributed by atoms with E-state index in [-0.39, 0.29) is 0 Å². The molecule has 0 amide bonds. The molecule has 0 saturated carbocycles. The summed E-state index contributed by atoms with van der Waals surface area (Å²) in [5, 5.41) is 11.7. The molecule has 21 heavy (non-hydrogen) atoms. The van der Waals surface area contributed by atoms with E-state index in [1.165, 1.54) is 11.1 Å². The van der Waals surface area contributed by atoms with Gasteiger partial charge in [0.2, 0.25) is 0 Å². The van der Waals surface area contributed by atoms with E-state index in [1.807, 2.05) is 41.9 Å². The predicted octanol–water partition coefficient (Wildman–Crippen LogP) is 2.33. The first-order valence-electron chi connectivity index (χ1n) is 6.80. The van der Waals surface area contributed by atoms with Crippen LogP contribution in [0.5, 0.6) is 0 Å². The van der Waals surface area contributed by atoms with Crippen molar-refractivity contribution >= 4 is 11.3 Å². The van der Waals surface area contributed by atoms with Gasteiger partial charge < -0.3 is 0 Å². The third-order valence-corrected chi connectivity index (χ3v) is 3.19. The van der Waals surface area contributed by atoms with Crippen LogP contribution >= 0.6 is 0 Å². The zero-order valence-electron chi connectivity index (χ0n) is 12.0. The van der Waals surface area contributed by atoms with E-state index in [0.717, 1.165) is 17.7 Å². The Hall–Kier alpha value is -2.76. The van der Waals surface area contributed by atoms with Crippen molar-refractivity contribution in [2.75, 3.05) is 0 Å². The number of fused-ring (bicyclic) bond motifs is 2. The van der Waals surface area contributed by atoms with Gasteiger partial charge in [-0.25, -0.2) is 9.50 Å². The number of aromatic nitrogens is 6. The first-order valence-corrected chi connectivity index (χ1v) is 6.80. The molecule has 4 aromatic heterocycles. The number of hydrogen-bond donors (Lipinski definition) is 0. The third kappa shape index (κ3) is 2.89. The molecule has 0 unspecified atom stereocenters. The summed E-state index contributed by atoms with van der Waals surface area (Å²) in [4.78, 5) is 4.01. The fourth-order valence-corrected chi connectivity index (χ4v) is 2.00. The molecule has 0 bridgehead atoms. The zero-order chi connectivity index (χ0) is 14.7. The number of nitrogens with zero attached hydrogens (tertiary/aromatic N) is 6. The minimum absolute atomic E-state index is 0.894. The lowest BCUT2D eigenvalue weighted by molar-refractivity contribution is 0.952. The van der Waals surface area contributed by atoms with Crippen LogP contribution < -0.4 is 0 Å². The van der Waals surface area contributed by atoms with Crippen molar-refractivity contribution in [3.05, 3.63) is 60.4 Å². The van der Waals surface area contributed by atoms with Crippen molar-refractivity contribution in [1.29, 1.82) is 0 Å². The summed E-state index contributed by atoms with van der Waals surface area (Å²) in [7, 11) is 0. The van der Waals surface area contributed by atoms with Gasteiger partial charge in [0.15, 0.2) is 11.3 Å². The summed E-state index contributed by atoms with van der Waals surface area (Å²) in [6.07, 6.45) is 8.23. The lowest BCUT2D eigenvalue weighted by atomic mass is 10.2. The maximum Gasteiger partial charge on any atom is 0.160 e. The average Bonchev–Trinajstić information content (AvgIpc) is 3.15. The molecule has 4 rings (SSSR count). The second kappa shape index (κ2) is 5.70. The average molecular weight is 280 g/mol. The fourth-order valence-electron chi connectivity index (χ4n) is 2.00. The van der Waals surface area contributed by atoms with Crippen LogP contribution in [0.15, 0.2) is 49.3 Å². The highest BCUT2D eigenvalue weighted by Crippen LogP contribution is 2.04. The zero-order valence-corrected chi connectivity index (χ0v) is 12.0. The summed E-state index contributed by atoms with van der Waals surface area (Å²) in [5.74, 6) is 0. The molecule has 0 fully saturated rings. The van der Waals surface area contributed by atoms with Crippen molar-refractivity contribution in [2.45, 2.75) is 20.3 Å². The Balaban J connectivity index is 0.000000126. The van der Waals surface area contributed by atoms with Gasteiger partial charge in [0, 0.05) is 12.4 Å². The van der Waals surface area contributed by atoms with Crippen LogP contribution in [0.2, 0.25) is 0 Å². The largest absolute Gasteiger partial charge is 0.289 e. The number of rotatable bonds is 1. The highest BCUT2D eigenvalue weighted by atomic mass is 15.3. The number of hydrogen-bond acceptors (Lipinski definition) is 4. The van der Waals surface area contributed by atoms with Crippen LogP contribution in [-0.2, 0) is 6.42 Å². The van der Waals surface area contributed by atoms with E-state index < -0.39 is 0 Å². The molecule has 0 radical (unpaired) electrons. The Kier molecular flexibility index (Phi) is 3.59. The Bertz CT molecular complexity index is 861. The van der Waals surface area contributed by atoms with Gasteiger partial charge in [0.1, 0.15) is 12.7 Å². The lowest BCUT2D eigenvalue weighted by Crippen LogP contribution is -1.86. The van der Waals surface area contributed by atoms with Crippen molar-refractivity contribution in [3.63, 3.8) is 0 Å². The Morgan fingerprint density at radius 2 is 2.05 bits per heavy atom.